The van der Waals surface area contributed by atoms with Gasteiger partial charge in [-0.3, -0.25) is 0 Å². The van der Waals surface area contributed by atoms with E-state index in [1.807, 2.05) is 0 Å². The zero-order valence-electron chi connectivity index (χ0n) is 10.3. The number of hydrogen-bond donors (Lipinski definition) is 3. The second kappa shape index (κ2) is 5.44. The standard InChI is InChI=1S/C12H17FN2O3S/c13-9-4-10(14)6-11(5-9)19(17,18)15-12-3-1-2-8(12)7-16/h4-6,8,12,15-16H,1-3,7,14H2. The molecule has 7 heteroatoms. The first-order chi connectivity index (χ1) is 8.92. The maximum absolute atomic E-state index is 13.2. The lowest BCUT2D eigenvalue weighted by Crippen LogP contribution is -2.38. The van der Waals surface area contributed by atoms with Crippen molar-refractivity contribution in [1.29, 1.82) is 0 Å². The number of nitrogen functional groups attached to an aromatic ring is 1. The number of sulfonamides is 1. The van der Waals surface area contributed by atoms with Crippen LogP contribution in [-0.2, 0) is 10.0 Å². The van der Waals surface area contributed by atoms with Crippen molar-refractivity contribution in [2.45, 2.75) is 30.2 Å². The van der Waals surface area contributed by atoms with Crippen LogP contribution in [0.5, 0.6) is 0 Å². The van der Waals surface area contributed by atoms with Gasteiger partial charge in [-0.15, -0.1) is 0 Å². The van der Waals surface area contributed by atoms with E-state index < -0.39 is 15.8 Å². The molecule has 0 bridgehead atoms. The number of halogens is 1. The van der Waals surface area contributed by atoms with Crippen LogP contribution in [0.3, 0.4) is 0 Å². The number of nitrogens with one attached hydrogen (secondary N) is 1. The summed E-state index contributed by atoms with van der Waals surface area (Å²) in [4.78, 5) is -0.186. The van der Waals surface area contributed by atoms with Gasteiger partial charge in [-0.05, 0) is 37.0 Å². The Morgan fingerprint density at radius 3 is 2.74 bits per heavy atom. The van der Waals surface area contributed by atoms with Gasteiger partial charge >= 0.3 is 0 Å². The van der Waals surface area contributed by atoms with Gasteiger partial charge in [-0.25, -0.2) is 17.5 Å². The number of anilines is 1. The quantitative estimate of drug-likeness (QED) is 0.716. The minimum atomic E-state index is -3.81. The van der Waals surface area contributed by atoms with Crippen molar-refractivity contribution in [2.24, 2.45) is 5.92 Å². The van der Waals surface area contributed by atoms with Gasteiger partial charge in [0.1, 0.15) is 5.82 Å². The summed E-state index contributed by atoms with van der Waals surface area (Å²) in [5.41, 5.74) is 5.51. The summed E-state index contributed by atoms with van der Waals surface area (Å²) in [5, 5.41) is 9.18. The van der Waals surface area contributed by atoms with Crippen LogP contribution in [0.15, 0.2) is 23.1 Å². The molecule has 0 amide bonds. The lowest BCUT2D eigenvalue weighted by Gasteiger charge is -2.19. The highest BCUT2D eigenvalue weighted by atomic mass is 32.2. The van der Waals surface area contributed by atoms with Crippen LogP contribution in [0.25, 0.3) is 0 Å². The lowest BCUT2D eigenvalue weighted by atomic mass is 10.1. The number of nitrogens with two attached hydrogens (primary N) is 1. The Morgan fingerprint density at radius 1 is 1.37 bits per heavy atom. The van der Waals surface area contributed by atoms with Gasteiger partial charge < -0.3 is 10.8 Å². The van der Waals surface area contributed by atoms with E-state index in [9.17, 15) is 17.9 Å². The zero-order chi connectivity index (χ0) is 14.0. The van der Waals surface area contributed by atoms with Crippen LogP contribution in [-0.4, -0.2) is 26.2 Å². The summed E-state index contributed by atoms with van der Waals surface area (Å²) < 4.78 is 40.0. The van der Waals surface area contributed by atoms with Crippen molar-refractivity contribution in [3.05, 3.63) is 24.0 Å². The smallest absolute Gasteiger partial charge is 0.241 e. The van der Waals surface area contributed by atoms with E-state index >= 15 is 0 Å². The Morgan fingerprint density at radius 2 is 2.11 bits per heavy atom. The van der Waals surface area contributed by atoms with Crippen molar-refractivity contribution in [1.82, 2.24) is 4.72 Å². The molecule has 4 N–H and O–H groups in total. The second-order valence-corrected chi connectivity index (χ2v) is 6.54. The fourth-order valence-electron chi connectivity index (χ4n) is 2.42. The average molecular weight is 288 g/mol. The van der Waals surface area contributed by atoms with Gasteiger partial charge in [-0.2, -0.15) is 0 Å². The van der Waals surface area contributed by atoms with E-state index in [-0.39, 0.29) is 29.1 Å². The lowest BCUT2D eigenvalue weighted by molar-refractivity contribution is 0.213. The van der Waals surface area contributed by atoms with E-state index in [0.29, 0.717) is 6.42 Å². The fourth-order valence-corrected chi connectivity index (χ4v) is 3.82. The van der Waals surface area contributed by atoms with Crippen molar-refractivity contribution in [2.75, 3.05) is 12.3 Å². The third kappa shape index (κ3) is 3.23. The highest BCUT2D eigenvalue weighted by molar-refractivity contribution is 7.89. The van der Waals surface area contributed by atoms with E-state index in [4.69, 9.17) is 5.73 Å². The normalized spacial score (nSPS) is 23.7. The van der Waals surface area contributed by atoms with Gasteiger partial charge in [0.2, 0.25) is 10.0 Å². The zero-order valence-corrected chi connectivity index (χ0v) is 11.2. The van der Waals surface area contributed by atoms with E-state index in [1.165, 1.54) is 6.07 Å². The molecule has 0 aliphatic heterocycles. The number of benzene rings is 1. The Balaban J connectivity index is 2.22. The van der Waals surface area contributed by atoms with Crippen LogP contribution in [0, 0.1) is 11.7 Å². The van der Waals surface area contributed by atoms with Crippen LogP contribution in [0.4, 0.5) is 10.1 Å². The number of aliphatic hydroxyl groups excluding tert-OH is 1. The van der Waals surface area contributed by atoms with Crippen molar-refractivity contribution < 1.29 is 17.9 Å². The molecule has 1 aliphatic carbocycles. The number of rotatable bonds is 4. The summed E-state index contributed by atoms with van der Waals surface area (Å²) in [6, 6.07) is 2.90. The number of hydrogen-bond acceptors (Lipinski definition) is 4. The highest BCUT2D eigenvalue weighted by Gasteiger charge is 2.30. The minimum Gasteiger partial charge on any atom is -0.399 e. The Bertz CT molecular complexity index is 542. The molecular weight excluding hydrogens is 271 g/mol. The van der Waals surface area contributed by atoms with Gasteiger partial charge in [0.15, 0.2) is 0 Å². The molecule has 0 heterocycles. The SMILES string of the molecule is Nc1cc(F)cc(S(=O)(=O)NC2CCCC2CO)c1. The van der Waals surface area contributed by atoms with Crippen molar-refractivity contribution >= 4 is 15.7 Å². The molecule has 5 nitrogen and oxygen atoms in total. The first kappa shape index (κ1) is 14.2. The molecule has 1 saturated carbocycles. The highest BCUT2D eigenvalue weighted by Crippen LogP contribution is 2.27. The molecule has 19 heavy (non-hydrogen) atoms. The fraction of sp³-hybridized carbons (Fsp3) is 0.500. The second-order valence-electron chi connectivity index (χ2n) is 4.82. The minimum absolute atomic E-state index is 0.0571. The monoisotopic (exact) mass is 288 g/mol. The van der Waals surface area contributed by atoms with Crippen molar-refractivity contribution in [3.63, 3.8) is 0 Å². The molecule has 2 rings (SSSR count). The molecule has 1 aliphatic rings. The topological polar surface area (TPSA) is 92.4 Å². The average Bonchev–Trinajstić information content (AvgIpc) is 2.74. The summed E-state index contributed by atoms with van der Waals surface area (Å²) in [7, 11) is -3.81. The van der Waals surface area contributed by atoms with Gasteiger partial charge in [0, 0.05) is 18.3 Å². The molecule has 0 saturated heterocycles. The maximum Gasteiger partial charge on any atom is 0.241 e. The Hall–Kier alpha value is -1.18. The molecule has 1 fully saturated rings. The summed E-state index contributed by atoms with van der Waals surface area (Å²) in [6.07, 6.45) is 2.33. The Labute approximate surface area is 111 Å². The van der Waals surface area contributed by atoms with Crippen LogP contribution >= 0.6 is 0 Å². The Kier molecular flexibility index (Phi) is 4.07. The summed E-state index contributed by atoms with van der Waals surface area (Å²) in [5.74, 6) is -0.772. The molecule has 1 aromatic carbocycles. The number of aliphatic hydroxyl groups is 1. The largest absolute Gasteiger partial charge is 0.399 e. The molecule has 0 spiro atoms. The third-order valence-electron chi connectivity index (χ3n) is 3.40. The molecule has 0 aromatic heterocycles. The molecule has 2 unspecified atom stereocenters. The van der Waals surface area contributed by atoms with E-state index in [2.05, 4.69) is 4.72 Å². The third-order valence-corrected chi connectivity index (χ3v) is 4.87. The predicted molar refractivity (Wildman–Crippen MR) is 69.3 cm³/mol. The summed E-state index contributed by atoms with van der Waals surface area (Å²) in [6.45, 7) is -0.0571. The first-order valence-corrected chi connectivity index (χ1v) is 7.60. The van der Waals surface area contributed by atoms with Crippen LogP contribution in [0.2, 0.25) is 0 Å². The van der Waals surface area contributed by atoms with Gasteiger partial charge in [-0.1, -0.05) is 6.42 Å². The molecule has 0 radical (unpaired) electrons. The van der Waals surface area contributed by atoms with Crippen molar-refractivity contribution in [3.8, 4) is 0 Å². The molecule has 106 valence electrons. The van der Waals surface area contributed by atoms with Gasteiger partial charge in [0.05, 0.1) is 4.90 Å². The molecule has 2 atom stereocenters. The van der Waals surface area contributed by atoms with E-state index in [0.717, 1.165) is 25.0 Å². The molecule has 1 aromatic rings. The van der Waals surface area contributed by atoms with Crippen LogP contribution in [0.1, 0.15) is 19.3 Å². The maximum atomic E-state index is 13.2. The van der Waals surface area contributed by atoms with Crippen LogP contribution < -0.4 is 10.5 Å². The van der Waals surface area contributed by atoms with Gasteiger partial charge in [0.25, 0.3) is 0 Å². The predicted octanol–water partition coefficient (Wildman–Crippen LogP) is 0.847. The van der Waals surface area contributed by atoms with E-state index in [1.54, 1.807) is 0 Å². The molecular formula is C12H17FN2O3S. The first-order valence-electron chi connectivity index (χ1n) is 6.11. The summed E-state index contributed by atoms with van der Waals surface area (Å²) >= 11 is 0.